The lowest BCUT2D eigenvalue weighted by Crippen LogP contribution is -2.21. The van der Waals surface area contributed by atoms with Crippen LogP contribution in [-0.4, -0.2) is 63.6 Å². The smallest absolute Gasteiger partial charge is 0.475 e. The molecule has 0 rings (SSSR count). The summed E-state index contributed by atoms with van der Waals surface area (Å²) in [6.07, 6.45) is -15.6. The average molecular weight is 444 g/mol. The van der Waals surface area contributed by atoms with E-state index in [9.17, 15) is 49.1 Å². The van der Waals surface area contributed by atoms with Crippen molar-refractivity contribution >= 4 is 29.7 Å². The van der Waals surface area contributed by atoms with Crippen LogP contribution >= 0.6 is 0 Å². The largest absolute Gasteiger partial charge is 0.490 e. The molecule has 28 heavy (non-hydrogen) atoms. The van der Waals surface area contributed by atoms with Gasteiger partial charge in [-0.15, -0.1) is 0 Å². The maximum atomic E-state index is 10.6. The van der Waals surface area contributed by atoms with Crippen LogP contribution in [0.4, 0.5) is 39.5 Å². The van der Waals surface area contributed by atoms with Gasteiger partial charge in [0, 0.05) is 0 Å². The number of hydrogen-bond acceptors (Lipinski definition) is 5. The Kier molecular flexibility index (Phi) is 15.0. The standard InChI is InChI=1S/C3H6N2O2.3C2HF3O2/c4-2(6)1-3(5)7;3*3-2(4,5)1(6)7/h1H2,(H2,4,6)(H2,5,7);3*(H,6,7). The Hall–Kier alpha value is -3.28. The summed E-state index contributed by atoms with van der Waals surface area (Å²) in [6, 6.07) is 0. The number of carbonyl (C=O) groups excluding carboxylic acids is 2. The summed E-state index contributed by atoms with van der Waals surface area (Å²) < 4.78 is 95.2. The predicted molar refractivity (Wildman–Crippen MR) is 64.1 cm³/mol. The van der Waals surface area contributed by atoms with Crippen molar-refractivity contribution in [1.29, 1.82) is 0 Å². The molecule has 0 fully saturated rings. The van der Waals surface area contributed by atoms with Crippen molar-refractivity contribution in [3.63, 3.8) is 0 Å². The number of carboxylic acids is 3. The van der Waals surface area contributed by atoms with Gasteiger partial charge in [0.25, 0.3) is 0 Å². The van der Waals surface area contributed by atoms with Crippen molar-refractivity contribution in [3.8, 4) is 0 Å². The third-order valence-electron chi connectivity index (χ3n) is 1.08. The Morgan fingerprint density at radius 3 is 0.643 bits per heavy atom. The molecule has 0 aromatic rings. The van der Waals surface area contributed by atoms with E-state index in [0.29, 0.717) is 0 Å². The third-order valence-corrected chi connectivity index (χ3v) is 1.08. The molecule has 0 heterocycles. The summed E-state index contributed by atoms with van der Waals surface area (Å²) in [4.78, 5) is 46.1. The maximum absolute atomic E-state index is 10.6. The molecular formula is C9H9F9N2O8. The van der Waals surface area contributed by atoms with E-state index in [1.165, 1.54) is 0 Å². The van der Waals surface area contributed by atoms with Gasteiger partial charge in [0.15, 0.2) is 0 Å². The number of carboxylic acid groups (broad SMARTS) is 3. The molecule has 0 aliphatic heterocycles. The Labute approximate surface area is 146 Å². The van der Waals surface area contributed by atoms with E-state index in [2.05, 4.69) is 11.5 Å². The van der Waals surface area contributed by atoms with Crippen molar-refractivity contribution in [1.82, 2.24) is 0 Å². The highest BCUT2D eigenvalue weighted by molar-refractivity contribution is 5.95. The number of amides is 2. The maximum Gasteiger partial charge on any atom is 0.490 e. The first-order valence-corrected chi connectivity index (χ1v) is 5.43. The first kappa shape index (κ1) is 32.4. The molecule has 0 aliphatic rings. The summed E-state index contributed by atoms with van der Waals surface area (Å²) in [5.74, 6) is -9.65. The van der Waals surface area contributed by atoms with Crippen molar-refractivity contribution in [2.24, 2.45) is 11.5 Å². The van der Waals surface area contributed by atoms with Gasteiger partial charge < -0.3 is 26.8 Å². The number of alkyl halides is 9. The summed E-state index contributed by atoms with van der Waals surface area (Å²) in [7, 11) is 0. The van der Waals surface area contributed by atoms with Crippen LogP contribution in [0.25, 0.3) is 0 Å². The molecule has 2 amide bonds. The summed E-state index contributed by atoms with van der Waals surface area (Å²) in [6.45, 7) is 0. The summed E-state index contributed by atoms with van der Waals surface area (Å²) >= 11 is 0. The lowest BCUT2D eigenvalue weighted by Gasteiger charge is -1.93. The molecule has 0 saturated heterocycles. The zero-order valence-corrected chi connectivity index (χ0v) is 12.6. The molecule has 0 spiro atoms. The van der Waals surface area contributed by atoms with Crippen molar-refractivity contribution in [2.75, 3.05) is 0 Å². The van der Waals surface area contributed by atoms with Crippen LogP contribution in [0.1, 0.15) is 6.42 Å². The molecule has 0 bridgehead atoms. The van der Waals surface area contributed by atoms with Gasteiger partial charge in [-0.2, -0.15) is 39.5 Å². The quantitative estimate of drug-likeness (QED) is 0.295. The molecule has 0 saturated carbocycles. The van der Waals surface area contributed by atoms with Gasteiger partial charge >= 0.3 is 36.4 Å². The molecular weight excluding hydrogens is 435 g/mol. The summed E-state index contributed by atoms with van der Waals surface area (Å²) in [5, 5.41) is 21.4. The number of halogens is 9. The zero-order chi connectivity index (χ0) is 24.1. The Morgan fingerprint density at radius 1 is 0.536 bits per heavy atom. The zero-order valence-electron chi connectivity index (χ0n) is 12.6. The fourth-order valence-electron chi connectivity index (χ4n) is 0.172. The van der Waals surface area contributed by atoms with Crippen LogP contribution in [0.5, 0.6) is 0 Å². The van der Waals surface area contributed by atoms with Gasteiger partial charge in [0.1, 0.15) is 6.42 Å². The minimum Gasteiger partial charge on any atom is -0.475 e. The van der Waals surface area contributed by atoms with Crippen molar-refractivity contribution < 1.29 is 78.8 Å². The monoisotopic (exact) mass is 444 g/mol. The van der Waals surface area contributed by atoms with Gasteiger partial charge in [-0.1, -0.05) is 0 Å². The number of primary amides is 2. The molecule has 10 nitrogen and oxygen atoms in total. The number of aliphatic carboxylic acids is 3. The van der Waals surface area contributed by atoms with E-state index < -0.39 is 48.3 Å². The fraction of sp³-hybridized carbons (Fsp3) is 0.444. The van der Waals surface area contributed by atoms with E-state index in [-0.39, 0.29) is 6.42 Å². The Morgan fingerprint density at radius 2 is 0.643 bits per heavy atom. The topological polar surface area (TPSA) is 198 Å². The van der Waals surface area contributed by atoms with Crippen molar-refractivity contribution in [2.45, 2.75) is 24.9 Å². The van der Waals surface area contributed by atoms with E-state index in [4.69, 9.17) is 29.7 Å². The normalized spacial score (nSPS) is 10.5. The molecule has 0 aromatic carbocycles. The number of rotatable bonds is 2. The second-order valence-corrected chi connectivity index (χ2v) is 3.52. The van der Waals surface area contributed by atoms with Gasteiger partial charge in [0.2, 0.25) is 11.8 Å². The number of carbonyl (C=O) groups is 5. The first-order chi connectivity index (χ1) is 12.0. The van der Waals surface area contributed by atoms with Crippen LogP contribution in [-0.2, 0) is 24.0 Å². The van der Waals surface area contributed by atoms with Crippen LogP contribution in [0.2, 0.25) is 0 Å². The third kappa shape index (κ3) is 30.6. The molecule has 0 radical (unpaired) electrons. The van der Waals surface area contributed by atoms with Crippen LogP contribution in [0.15, 0.2) is 0 Å². The van der Waals surface area contributed by atoms with Gasteiger partial charge in [-0.3, -0.25) is 9.59 Å². The number of hydrogen-bond donors (Lipinski definition) is 5. The Bertz CT molecular complexity index is 484. The molecule has 0 aliphatic carbocycles. The van der Waals surface area contributed by atoms with Gasteiger partial charge in [0.05, 0.1) is 0 Å². The van der Waals surface area contributed by atoms with Crippen LogP contribution < -0.4 is 11.5 Å². The predicted octanol–water partition coefficient (Wildman–Crippen LogP) is 0.247. The van der Waals surface area contributed by atoms with Crippen molar-refractivity contribution in [3.05, 3.63) is 0 Å². The second-order valence-electron chi connectivity index (χ2n) is 3.52. The first-order valence-electron chi connectivity index (χ1n) is 5.43. The van der Waals surface area contributed by atoms with Crippen LogP contribution in [0, 0.1) is 0 Å². The SMILES string of the molecule is NC(=O)CC(N)=O.O=C(O)C(F)(F)F.O=C(O)C(F)(F)F.O=C(O)C(F)(F)F. The number of nitrogens with two attached hydrogens (primary N) is 2. The molecule has 0 atom stereocenters. The minimum atomic E-state index is -5.08. The van der Waals surface area contributed by atoms with E-state index >= 15 is 0 Å². The van der Waals surface area contributed by atoms with Gasteiger partial charge in [-0.05, 0) is 0 Å². The van der Waals surface area contributed by atoms with Gasteiger partial charge in [-0.25, -0.2) is 14.4 Å². The van der Waals surface area contributed by atoms with Crippen LogP contribution in [0.3, 0.4) is 0 Å². The lowest BCUT2D eigenvalue weighted by atomic mass is 10.4. The van der Waals surface area contributed by atoms with E-state index in [1.807, 2.05) is 0 Å². The Balaban J connectivity index is -0.000000137. The molecule has 166 valence electrons. The lowest BCUT2D eigenvalue weighted by molar-refractivity contribution is -0.193. The molecule has 0 unspecified atom stereocenters. The van der Waals surface area contributed by atoms with E-state index in [1.54, 1.807) is 0 Å². The molecule has 7 N–H and O–H groups in total. The average Bonchev–Trinajstić information content (AvgIpc) is 2.35. The van der Waals surface area contributed by atoms with E-state index in [0.717, 1.165) is 0 Å². The fourth-order valence-corrected chi connectivity index (χ4v) is 0.172. The molecule has 0 aromatic heterocycles. The highest BCUT2D eigenvalue weighted by atomic mass is 19.4. The highest BCUT2D eigenvalue weighted by Crippen LogP contribution is 2.14. The highest BCUT2D eigenvalue weighted by Gasteiger charge is 2.39. The second kappa shape index (κ2) is 13.0. The minimum absolute atomic E-state index is 0.361. The summed E-state index contributed by atoms with van der Waals surface area (Å²) in [5.41, 5.74) is 9.11. The molecule has 19 heteroatoms.